The standard InChI is InChI=1S/C27H25BF2O2/c29-28(30)31-26(24-9-2-1-3-10-24)19-27(32-28)25-18-22-8-4-6-20-12-14-21(15-13-20)7-5-11-23(25)17-16-22/h1-3,9-10,12-19H,4-8,11H2. The van der Waals surface area contributed by atoms with Gasteiger partial charge in [0.05, 0.1) is 17.4 Å². The minimum atomic E-state index is -4.44. The van der Waals surface area contributed by atoms with Crippen molar-refractivity contribution >= 4 is 18.6 Å². The smallest absolute Gasteiger partial charge is 0.569 e. The first-order valence-electron chi connectivity index (χ1n) is 11.3. The number of rotatable bonds is 2. The van der Waals surface area contributed by atoms with Gasteiger partial charge in [-0.1, -0.05) is 54.6 Å². The third kappa shape index (κ3) is 4.67. The van der Waals surface area contributed by atoms with Crippen LogP contribution in [0.25, 0.3) is 5.76 Å². The van der Waals surface area contributed by atoms with Crippen LogP contribution in [0.3, 0.4) is 0 Å². The summed E-state index contributed by atoms with van der Waals surface area (Å²) < 4.78 is 39.1. The van der Waals surface area contributed by atoms with Crippen LogP contribution in [0.4, 0.5) is 8.63 Å². The van der Waals surface area contributed by atoms with E-state index >= 15 is 0 Å². The highest BCUT2D eigenvalue weighted by Crippen LogP contribution is 2.32. The quantitative estimate of drug-likeness (QED) is 0.335. The largest absolute Gasteiger partial charge is 0.995 e. The van der Waals surface area contributed by atoms with Crippen molar-refractivity contribution in [1.82, 2.24) is 0 Å². The maximum atomic E-state index is 14.5. The summed E-state index contributed by atoms with van der Waals surface area (Å²) in [6.07, 6.45) is 7.17. The van der Waals surface area contributed by atoms with Crippen LogP contribution in [-0.4, -0.2) is 12.9 Å². The maximum Gasteiger partial charge on any atom is 0.995 e. The van der Waals surface area contributed by atoms with Crippen molar-refractivity contribution in [1.29, 1.82) is 0 Å². The van der Waals surface area contributed by atoms with Gasteiger partial charge in [0.2, 0.25) is 0 Å². The Morgan fingerprint density at radius 2 is 1.34 bits per heavy atom. The van der Waals surface area contributed by atoms with Crippen LogP contribution < -0.4 is 0 Å². The molecule has 5 aliphatic rings. The van der Waals surface area contributed by atoms with Gasteiger partial charge in [-0.05, 0) is 79.0 Å². The van der Waals surface area contributed by atoms with Crippen LogP contribution in [0.5, 0.6) is 0 Å². The summed E-state index contributed by atoms with van der Waals surface area (Å²) in [5.41, 5.74) is 6.15. The molecule has 4 aliphatic carbocycles. The number of benzene rings is 3. The van der Waals surface area contributed by atoms with E-state index in [0.717, 1.165) is 55.2 Å². The summed E-state index contributed by atoms with van der Waals surface area (Å²) in [7, 11) is -4.44. The molecule has 1 heterocycles. The lowest BCUT2D eigenvalue weighted by Crippen LogP contribution is -2.31. The Bertz CT molecular complexity index is 1170. The summed E-state index contributed by atoms with van der Waals surface area (Å²) in [4.78, 5) is 0. The van der Waals surface area contributed by atoms with Gasteiger partial charge in [0.1, 0.15) is 0 Å². The van der Waals surface area contributed by atoms with Crippen molar-refractivity contribution in [3.05, 3.63) is 112 Å². The molecule has 0 saturated carbocycles. The molecule has 0 unspecified atom stereocenters. The van der Waals surface area contributed by atoms with Crippen LogP contribution in [0.15, 0.2) is 78.9 Å². The van der Waals surface area contributed by atoms with E-state index in [1.807, 2.05) is 24.3 Å². The highest BCUT2D eigenvalue weighted by Gasteiger charge is 2.53. The molecule has 5 heteroatoms. The third-order valence-electron chi connectivity index (χ3n) is 6.15. The minimum Gasteiger partial charge on any atom is -0.569 e. The first-order valence-corrected chi connectivity index (χ1v) is 11.3. The molecule has 3 aromatic carbocycles. The van der Waals surface area contributed by atoms with Gasteiger partial charge in [-0.25, -0.2) is 0 Å². The van der Waals surface area contributed by atoms with Crippen molar-refractivity contribution in [2.45, 2.75) is 38.5 Å². The highest BCUT2D eigenvalue weighted by molar-refractivity contribution is 6.52. The lowest BCUT2D eigenvalue weighted by Gasteiger charge is -2.23. The number of aryl methyl sites for hydroxylation is 4. The minimum absolute atomic E-state index is 0.141. The Balaban J connectivity index is 1.52. The fourth-order valence-corrected chi connectivity index (χ4v) is 4.48. The third-order valence-corrected chi connectivity index (χ3v) is 6.15. The Morgan fingerprint density at radius 1 is 0.719 bits per heavy atom. The Morgan fingerprint density at radius 3 is 2.06 bits per heavy atom. The van der Waals surface area contributed by atoms with Crippen molar-refractivity contribution in [2.24, 2.45) is 0 Å². The summed E-state index contributed by atoms with van der Waals surface area (Å²) in [6.45, 7) is 0. The van der Waals surface area contributed by atoms with Crippen molar-refractivity contribution in [3.8, 4) is 0 Å². The molecule has 4 bridgehead atoms. The summed E-state index contributed by atoms with van der Waals surface area (Å²) in [5, 5.41) is 0. The Kier molecular flexibility index (Phi) is 5.65. The normalized spacial score (nSPS) is 17.8. The number of carbonyl (C=O) groups excluding carboxylic acids is 1. The van der Waals surface area contributed by atoms with Gasteiger partial charge in [-0.15, -0.1) is 0 Å². The molecule has 162 valence electrons. The first-order chi connectivity index (χ1) is 15.6. The van der Waals surface area contributed by atoms with Crippen LogP contribution in [0.1, 0.15) is 50.6 Å². The van der Waals surface area contributed by atoms with E-state index in [4.69, 9.17) is 9.00 Å². The molecule has 0 amide bonds. The van der Waals surface area contributed by atoms with E-state index in [9.17, 15) is 8.63 Å². The molecule has 0 aromatic heterocycles. The fraction of sp³-hybridized carbons (Fsp3) is 0.222. The van der Waals surface area contributed by atoms with Crippen LogP contribution in [0.2, 0.25) is 0 Å². The Hall–Kier alpha value is -3.21. The van der Waals surface area contributed by atoms with E-state index in [1.165, 1.54) is 11.1 Å². The van der Waals surface area contributed by atoms with Gasteiger partial charge in [-0.3, -0.25) is 0 Å². The average Bonchev–Trinajstić information content (AvgIpc) is 2.80. The topological polar surface area (TPSA) is 20.5 Å². The van der Waals surface area contributed by atoms with Gasteiger partial charge < -0.3 is 17.6 Å². The van der Waals surface area contributed by atoms with Gasteiger partial charge in [0, 0.05) is 5.56 Å². The number of ketones is 1. The van der Waals surface area contributed by atoms with E-state index < -0.39 is 7.11 Å². The zero-order valence-corrected chi connectivity index (χ0v) is 17.9. The molecule has 0 fully saturated rings. The molecule has 0 saturated heterocycles. The van der Waals surface area contributed by atoms with Gasteiger partial charge in [0.25, 0.3) is 5.78 Å². The van der Waals surface area contributed by atoms with Crippen LogP contribution in [0, 0.1) is 0 Å². The lowest BCUT2D eigenvalue weighted by molar-refractivity contribution is -0.183. The molecule has 8 rings (SSSR count). The molecular weight excluding hydrogens is 405 g/mol. The number of halogens is 2. The second-order valence-corrected chi connectivity index (χ2v) is 8.52. The predicted octanol–water partition coefficient (Wildman–Crippen LogP) is 6.51. The van der Waals surface area contributed by atoms with Crippen molar-refractivity contribution in [3.63, 3.8) is 0 Å². The van der Waals surface area contributed by atoms with Gasteiger partial charge in [0.15, 0.2) is 0 Å². The Labute approximate surface area is 187 Å². The van der Waals surface area contributed by atoms with Crippen LogP contribution >= 0.6 is 0 Å². The van der Waals surface area contributed by atoms with Crippen molar-refractivity contribution < 1.29 is 17.6 Å². The molecule has 0 spiro atoms. The highest BCUT2D eigenvalue weighted by atomic mass is 19.3. The number of allylic oxidation sites excluding steroid dienone is 1. The molecule has 2 nitrogen and oxygen atoms in total. The first kappa shape index (κ1) is 20.7. The monoisotopic (exact) mass is 430 g/mol. The summed E-state index contributed by atoms with van der Waals surface area (Å²) in [6, 6.07) is 24.1. The van der Waals surface area contributed by atoms with E-state index in [1.54, 1.807) is 18.2 Å². The zero-order chi connectivity index (χ0) is 22.0. The molecule has 0 atom stereocenters. The molecule has 0 N–H and O–H groups in total. The van der Waals surface area contributed by atoms with Crippen molar-refractivity contribution in [2.75, 3.05) is 0 Å². The molecule has 32 heavy (non-hydrogen) atoms. The molecule has 3 aromatic rings. The van der Waals surface area contributed by atoms with Gasteiger partial charge in [-0.2, -0.15) is 0 Å². The molecular formula is C27H25BF2O2. The number of hydrogen-bond donors (Lipinski definition) is 0. The van der Waals surface area contributed by atoms with Crippen LogP contribution in [-0.2, 0) is 30.3 Å². The molecule has 0 radical (unpaired) electrons. The summed E-state index contributed by atoms with van der Waals surface area (Å²) >= 11 is 0. The van der Waals surface area contributed by atoms with E-state index in [0.29, 0.717) is 5.56 Å². The zero-order valence-electron chi connectivity index (χ0n) is 17.9. The second-order valence-electron chi connectivity index (χ2n) is 8.52. The molecule has 1 aliphatic heterocycles. The van der Waals surface area contributed by atoms with E-state index in [2.05, 4.69) is 36.4 Å². The lowest BCUT2D eigenvalue weighted by atomic mass is 9.92. The summed E-state index contributed by atoms with van der Waals surface area (Å²) in [5.74, 6) is 0.328. The average molecular weight is 430 g/mol. The second kappa shape index (κ2) is 8.74. The SMILES string of the molecule is F[B-]1(F)OC(c2cc3ccc2CCCc2ccc(cc2)CCC3)=CC(c2ccccc2)=[O+]1. The predicted molar refractivity (Wildman–Crippen MR) is 125 cm³/mol. The fourth-order valence-electron chi connectivity index (χ4n) is 4.48. The maximum absolute atomic E-state index is 14.5. The van der Waals surface area contributed by atoms with E-state index in [-0.39, 0.29) is 11.5 Å². The number of hydrogen-bond acceptors (Lipinski definition) is 1. The van der Waals surface area contributed by atoms with Gasteiger partial charge >= 0.3 is 7.11 Å².